The van der Waals surface area contributed by atoms with Crippen molar-refractivity contribution in [3.63, 3.8) is 0 Å². The number of rotatable bonds is 10. The molecule has 1 saturated carbocycles. The van der Waals surface area contributed by atoms with E-state index < -0.39 is 15.1 Å². The SMILES string of the molecule is CN=CC(Nc1nc(Nc2cc(C)c(C3CCNCC3Cl)cc2OC2CC2)ncc1Cl)=C(N)S(=O)(=O)C(C)C. The van der Waals surface area contributed by atoms with Gasteiger partial charge in [0.15, 0.2) is 20.7 Å². The Morgan fingerprint density at radius 1 is 1.31 bits per heavy atom. The van der Waals surface area contributed by atoms with Crippen LogP contribution in [0.4, 0.5) is 17.5 Å². The third-order valence-electron chi connectivity index (χ3n) is 6.69. The molecule has 1 aromatic heterocycles. The minimum absolute atomic E-state index is 0.000813. The number of nitrogens with two attached hydrogens (primary N) is 1. The number of nitrogens with one attached hydrogen (secondary N) is 3. The quantitative estimate of drug-likeness (QED) is 0.231. The molecule has 39 heavy (non-hydrogen) atoms. The Balaban J connectivity index is 1.67. The Morgan fingerprint density at radius 3 is 2.69 bits per heavy atom. The summed E-state index contributed by atoms with van der Waals surface area (Å²) in [5.41, 5.74) is 9.06. The van der Waals surface area contributed by atoms with Crippen molar-refractivity contribution in [1.82, 2.24) is 15.3 Å². The van der Waals surface area contributed by atoms with Crippen LogP contribution in [0.25, 0.3) is 0 Å². The molecule has 2 heterocycles. The van der Waals surface area contributed by atoms with Gasteiger partial charge in [-0.3, -0.25) is 4.99 Å². The van der Waals surface area contributed by atoms with Crippen molar-refractivity contribution in [2.75, 3.05) is 30.8 Å². The van der Waals surface area contributed by atoms with Gasteiger partial charge in [0.1, 0.15) is 10.8 Å². The number of aliphatic imine (C=N–C) groups is 1. The molecule has 1 saturated heterocycles. The molecule has 0 amide bonds. The maximum Gasteiger partial charge on any atom is 0.229 e. The summed E-state index contributed by atoms with van der Waals surface area (Å²) >= 11 is 13.0. The molecule has 4 rings (SSSR count). The second kappa shape index (κ2) is 12.3. The largest absolute Gasteiger partial charge is 0.488 e. The first kappa shape index (κ1) is 29.4. The summed E-state index contributed by atoms with van der Waals surface area (Å²) in [6.45, 7) is 6.84. The van der Waals surface area contributed by atoms with Crippen LogP contribution in [-0.4, -0.2) is 61.5 Å². The molecule has 1 aliphatic carbocycles. The lowest BCUT2D eigenvalue weighted by molar-refractivity contribution is 0.304. The lowest BCUT2D eigenvalue weighted by Crippen LogP contribution is -2.36. The van der Waals surface area contributed by atoms with Gasteiger partial charge in [0.25, 0.3) is 0 Å². The number of aryl methyl sites for hydroxylation is 1. The molecule has 1 aromatic carbocycles. The summed E-state index contributed by atoms with van der Waals surface area (Å²) in [5.74, 6) is 1.34. The summed E-state index contributed by atoms with van der Waals surface area (Å²) < 4.78 is 31.6. The van der Waals surface area contributed by atoms with Crippen molar-refractivity contribution in [2.24, 2.45) is 10.7 Å². The third kappa shape index (κ3) is 6.95. The van der Waals surface area contributed by atoms with Crippen LogP contribution < -0.4 is 26.4 Å². The second-order valence-corrected chi connectivity index (χ2v) is 13.5. The Labute approximate surface area is 239 Å². The number of hydrogen-bond acceptors (Lipinski definition) is 10. The van der Waals surface area contributed by atoms with E-state index in [0.717, 1.165) is 37.9 Å². The van der Waals surface area contributed by atoms with Crippen molar-refractivity contribution in [3.8, 4) is 5.75 Å². The van der Waals surface area contributed by atoms with Gasteiger partial charge < -0.3 is 26.4 Å². The van der Waals surface area contributed by atoms with Crippen LogP contribution in [0.3, 0.4) is 0 Å². The molecular formula is C26H35Cl2N7O3S. The number of hydrogen-bond donors (Lipinski definition) is 4. The zero-order chi connectivity index (χ0) is 28.3. The maximum absolute atomic E-state index is 12.7. The summed E-state index contributed by atoms with van der Waals surface area (Å²) in [5, 5.41) is 8.61. The van der Waals surface area contributed by atoms with Crippen molar-refractivity contribution in [2.45, 2.75) is 62.7 Å². The number of ether oxygens (including phenoxy) is 1. The predicted molar refractivity (Wildman–Crippen MR) is 158 cm³/mol. The van der Waals surface area contributed by atoms with E-state index >= 15 is 0 Å². The molecular weight excluding hydrogens is 561 g/mol. The molecule has 2 aliphatic rings. The van der Waals surface area contributed by atoms with Crippen molar-refractivity contribution >= 4 is 56.7 Å². The number of nitrogens with zero attached hydrogens (tertiary/aromatic N) is 3. The van der Waals surface area contributed by atoms with Crippen LogP contribution in [0.15, 0.2) is 34.0 Å². The van der Waals surface area contributed by atoms with Crippen molar-refractivity contribution < 1.29 is 13.2 Å². The molecule has 2 fully saturated rings. The highest BCUT2D eigenvalue weighted by molar-refractivity contribution is 7.95. The monoisotopic (exact) mass is 595 g/mol. The van der Waals surface area contributed by atoms with Crippen LogP contribution in [0.5, 0.6) is 5.75 Å². The molecule has 2 atom stereocenters. The van der Waals surface area contributed by atoms with E-state index in [0.29, 0.717) is 11.4 Å². The average molecular weight is 597 g/mol. The topological polar surface area (TPSA) is 144 Å². The number of allylic oxidation sites excluding steroid dienone is 1. The number of benzene rings is 1. The molecule has 0 radical (unpaired) electrons. The van der Waals surface area contributed by atoms with Crippen molar-refractivity contribution in [3.05, 3.63) is 45.2 Å². The fourth-order valence-corrected chi connectivity index (χ4v) is 5.72. The minimum atomic E-state index is -3.75. The smallest absolute Gasteiger partial charge is 0.229 e. The zero-order valence-electron chi connectivity index (χ0n) is 22.5. The van der Waals surface area contributed by atoms with Gasteiger partial charge in [0.05, 0.1) is 34.3 Å². The summed E-state index contributed by atoms with van der Waals surface area (Å²) in [6.07, 6.45) is 5.88. The second-order valence-electron chi connectivity index (χ2n) is 10.0. The van der Waals surface area contributed by atoms with Crippen LogP contribution in [0, 0.1) is 6.92 Å². The number of anilines is 3. The highest BCUT2D eigenvalue weighted by atomic mass is 35.5. The number of halogens is 2. The molecule has 2 aromatic rings. The lowest BCUT2D eigenvalue weighted by Gasteiger charge is -2.30. The lowest BCUT2D eigenvalue weighted by atomic mass is 9.86. The molecule has 10 nitrogen and oxygen atoms in total. The number of aromatic nitrogens is 2. The van der Waals surface area contributed by atoms with Crippen LogP contribution in [-0.2, 0) is 9.84 Å². The normalized spacial score (nSPS) is 20.7. The van der Waals surface area contributed by atoms with E-state index in [-0.39, 0.29) is 44.9 Å². The number of piperidine rings is 1. The maximum atomic E-state index is 12.7. The fourth-order valence-electron chi connectivity index (χ4n) is 4.29. The van der Waals surface area contributed by atoms with Crippen molar-refractivity contribution in [1.29, 1.82) is 0 Å². The molecule has 0 bridgehead atoms. The van der Waals surface area contributed by atoms with Gasteiger partial charge in [0, 0.05) is 25.7 Å². The fraction of sp³-hybridized carbons (Fsp3) is 0.500. The summed E-state index contributed by atoms with van der Waals surface area (Å²) in [6, 6.07) is 4.10. The van der Waals surface area contributed by atoms with Gasteiger partial charge in [0.2, 0.25) is 5.95 Å². The Bertz CT molecular complexity index is 1380. The molecule has 1 aliphatic heterocycles. The van der Waals surface area contributed by atoms with Gasteiger partial charge in [-0.25, -0.2) is 13.4 Å². The Kier molecular flexibility index (Phi) is 9.25. The highest BCUT2D eigenvalue weighted by Crippen LogP contribution is 2.40. The number of sulfone groups is 1. The summed E-state index contributed by atoms with van der Waals surface area (Å²) in [7, 11) is -2.24. The van der Waals surface area contributed by atoms with E-state index in [9.17, 15) is 8.42 Å². The molecule has 13 heteroatoms. The highest BCUT2D eigenvalue weighted by Gasteiger charge is 2.29. The first-order valence-corrected chi connectivity index (χ1v) is 15.3. The first-order chi connectivity index (χ1) is 18.5. The zero-order valence-corrected chi connectivity index (χ0v) is 24.8. The van der Waals surface area contributed by atoms with Crippen LogP contribution >= 0.6 is 23.2 Å². The van der Waals surface area contributed by atoms with Crippen LogP contribution in [0.1, 0.15) is 50.2 Å². The first-order valence-electron chi connectivity index (χ1n) is 12.9. The molecule has 212 valence electrons. The van der Waals surface area contributed by atoms with Gasteiger partial charge in [-0.2, -0.15) is 4.98 Å². The Hall–Kier alpha value is -2.60. The standard InChI is InChI=1S/C26H35Cl2N7O3S/c1-14(2)39(36,37)24(29)22(13-30-4)33-25-20(28)12-32-26(35-25)34-21-9-15(3)18(10-23(21)38-16-5-6-16)17-7-8-31-11-19(17)27/h9-10,12-14,16-17,19,31H,5-8,11,29H2,1-4H3,(H2,32,33,34,35). The Morgan fingerprint density at radius 2 is 2.05 bits per heavy atom. The minimum Gasteiger partial charge on any atom is -0.488 e. The van der Waals surface area contributed by atoms with E-state index in [1.54, 1.807) is 13.8 Å². The predicted octanol–water partition coefficient (Wildman–Crippen LogP) is 4.47. The third-order valence-corrected chi connectivity index (χ3v) is 9.50. The van der Waals surface area contributed by atoms with E-state index in [2.05, 4.69) is 43.9 Å². The van der Waals surface area contributed by atoms with Gasteiger partial charge in [-0.1, -0.05) is 11.6 Å². The van der Waals surface area contributed by atoms with Gasteiger partial charge in [-0.05, 0) is 69.8 Å². The van der Waals surface area contributed by atoms with Gasteiger partial charge in [-0.15, -0.1) is 11.6 Å². The number of alkyl halides is 1. The van der Waals surface area contributed by atoms with E-state index in [4.69, 9.17) is 33.7 Å². The summed E-state index contributed by atoms with van der Waals surface area (Å²) in [4.78, 5) is 12.7. The van der Waals surface area contributed by atoms with Gasteiger partial charge >= 0.3 is 0 Å². The molecule has 2 unspecified atom stereocenters. The molecule has 0 spiro atoms. The van der Waals surface area contributed by atoms with Crippen LogP contribution in [0.2, 0.25) is 5.02 Å². The van der Waals surface area contributed by atoms with E-state index in [1.165, 1.54) is 25.0 Å². The van der Waals surface area contributed by atoms with E-state index in [1.807, 2.05) is 6.07 Å². The average Bonchev–Trinajstić information content (AvgIpc) is 3.71. The molecule has 5 N–H and O–H groups in total.